The van der Waals surface area contributed by atoms with Crippen LogP contribution in [-0.2, 0) is 6.42 Å². The molecule has 3 rings (SSSR count). The predicted molar refractivity (Wildman–Crippen MR) is 66.9 cm³/mol. The first-order valence-corrected chi connectivity index (χ1v) is 5.88. The maximum absolute atomic E-state index is 13.6. The standard InChI is InChI=1S/C14H11F2N3/c1-9-17-18-14-5-2-10(8-19(9)14)6-11-3-4-12(15)7-13(11)16/h2-5,7-8H,6H2,1H3. The van der Waals surface area contributed by atoms with Crippen LogP contribution in [0.3, 0.4) is 0 Å². The smallest absolute Gasteiger partial charge is 0.160 e. The van der Waals surface area contributed by atoms with Gasteiger partial charge in [0.1, 0.15) is 17.5 Å². The number of benzene rings is 1. The average molecular weight is 259 g/mol. The van der Waals surface area contributed by atoms with Crippen LogP contribution in [0.1, 0.15) is 17.0 Å². The summed E-state index contributed by atoms with van der Waals surface area (Å²) in [7, 11) is 0. The Balaban J connectivity index is 1.98. The summed E-state index contributed by atoms with van der Waals surface area (Å²) in [4.78, 5) is 0. The van der Waals surface area contributed by atoms with Crippen LogP contribution in [0.15, 0.2) is 36.5 Å². The molecule has 0 N–H and O–H groups in total. The molecule has 3 aromatic rings. The molecule has 0 saturated carbocycles. The third kappa shape index (κ3) is 2.19. The minimum atomic E-state index is -0.564. The van der Waals surface area contributed by atoms with E-state index in [1.807, 2.05) is 29.7 Å². The van der Waals surface area contributed by atoms with Gasteiger partial charge in [-0.25, -0.2) is 8.78 Å². The molecule has 1 aromatic carbocycles. The molecule has 0 unspecified atom stereocenters. The Labute approximate surface area is 108 Å². The van der Waals surface area contributed by atoms with Gasteiger partial charge >= 0.3 is 0 Å². The maximum atomic E-state index is 13.6. The lowest BCUT2D eigenvalue weighted by Gasteiger charge is -2.05. The lowest BCUT2D eigenvalue weighted by Crippen LogP contribution is -1.96. The van der Waals surface area contributed by atoms with Gasteiger partial charge in [0.05, 0.1) is 0 Å². The molecule has 0 atom stereocenters. The van der Waals surface area contributed by atoms with Gasteiger partial charge in [0.2, 0.25) is 0 Å². The second kappa shape index (κ2) is 4.42. The number of aromatic nitrogens is 3. The minimum absolute atomic E-state index is 0.402. The number of nitrogens with zero attached hydrogens (tertiary/aromatic N) is 3. The normalized spacial score (nSPS) is 11.1. The van der Waals surface area contributed by atoms with Gasteiger partial charge in [0.25, 0.3) is 0 Å². The zero-order chi connectivity index (χ0) is 13.4. The topological polar surface area (TPSA) is 30.2 Å². The molecule has 5 heteroatoms. The number of aryl methyl sites for hydroxylation is 1. The fraction of sp³-hybridized carbons (Fsp3) is 0.143. The van der Waals surface area contributed by atoms with Gasteiger partial charge in [-0.1, -0.05) is 12.1 Å². The molecule has 0 radical (unpaired) electrons. The van der Waals surface area contributed by atoms with Crippen molar-refractivity contribution in [1.29, 1.82) is 0 Å². The number of pyridine rings is 1. The van der Waals surface area contributed by atoms with Gasteiger partial charge in [0, 0.05) is 18.7 Å². The number of hydrogen-bond donors (Lipinski definition) is 0. The van der Waals surface area contributed by atoms with E-state index in [1.165, 1.54) is 12.1 Å². The lowest BCUT2D eigenvalue weighted by atomic mass is 10.1. The molecule has 0 aliphatic rings. The van der Waals surface area contributed by atoms with E-state index in [-0.39, 0.29) is 0 Å². The fourth-order valence-corrected chi connectivity index (χ4v) is 2.04. The summed E-state index contributed by atoms with van der Waals surface area (Å²) in [6.07, 6.45) is 2.27. The molecular formula is C14H11F2N3. The van der Waals surface area contributed by atoms with Crippen LogP contribution in [-0.4, -0.2) is 14.6 Å². The molecular weight excluding hydrogens is 248 g/mol. The van der Waals surface area contributed by atoms with Crippen molar-refractivity contribution in [1.82, 2.24) is 14.6 Å². The van der Waals surface area contributed by atoms with Crippen molar-refractivity contribution in [3.8, 4) is 0 Å². The van der Waals surface area contributed by atoms with Crippen LogP contribution < -0.4 is 0 Å². The van der Waals surface area contributed by atoms with E-state index in [0.29, 0.717) is 12.0 Å². The molecule has 2 heterocycles. The fourth-order valence-electron chi connectivity index (χ4n) is 2.04. The average Bonchev–Trinajstić information content (AvgIpc) is 2.75. The first-order valence-electron chi connectivity index (χ1n) is 5.88. The monoisotopic (exact) mass is 259 g/mol. The minimum Gasteiger partial charge on any atom is -0.286 e. The first-order chi connectivity index (χ1) is 9.13. The molecule has 0 amide bonds. The summed E-state index contributed by atoms with van der Waals surface area (Å²) in [5.41, 5.74) is 2.13. The summed E-state index contributed by atoms with van der Waals surface area (Å²) in [6, 6.07) is 7.33. The number of fused-ring (bicyclic) bond motifs is 1. The molecule has 2 aromatic heterocycles. The molecule has 96 valence electrons. The molecule has 0 saturated heterocycles. The highest BCUT2D eigenvalue weighted by Gasteiger charge is 2.07. The van der Waals surface area contributed by atoms with E-state index < -0.39 is 11.6 Å². The number of rotatable bonds is 2. The van der Waals surface area contributed by atoms with Crippen molar-refractivity contribution in [2.75, 3.05) is 0 Å². The van der Waals surface area contributed by atoms with E-state index >= 15 is 0 Å². The highest BCUT2D eigenvalue weighted by atomic mass is 19.1. The van der Waals surface area contributed by atoms with Gasteiger partial charge in [-0.3, -0.25) is 4.40 Å². The van der Waals surface area contributed by atoms with E-state index in [4.69, 9.17) is 0 Å². The van der Waals surface area contributed by atoms with E-state index in [2.05, 4.69) is 10.2 Å². The van der Waals surface area contributed by atoms with Crippen LogP contribution in [0.25, 0.3) is 5.65 Å². The first kappa shape index (κ1) is 11.8. The number of hydrogen-bond acceptors (Lipinski definition) is 2. The van der Waals surface area contributed by atoms with E-state index in [1.54, 1.807) is 0 Å². The van der Waals surface area contributed by atoms with Crippen molar-refractivity contribution < 1.29 is 8.78 Å². The quantitative estimate of drug-likeness (QED) is 0.708. The van der Waals surface area contributed by atoms with Crippen LogP contribution in [0.4, 0.5) is 8.78 Å². The van der Waals surface area contributed by atoms with E-state index in [0.717, 1.165) is 23.1 Å². The third-order valence-electron chi connectivity index (χ3n) is 3.04. The number of halogens is 2. The van der Waals surface area contributed by atoms with Crippen molar-refractivity contribution >= 4 is 5.65 Å². The van der Waals surface area contributed by atoms with Gasteiger partial charge in [0.15, 0.2) is 5.65 Å². The van der Waals surface area contributed by atoms with Crippen molar-refractivity contribution in [3.63, 3.8) is 0 Å². The predicted octanol–water partition coefficient (Wildman–Crippen LogP) is 2.91. The molecule has 19 heavy (non-hydrogen) atoms. The largest absolute Gasteiger partial charge is 0.286 e. The summed E-state index contributed by atoms with van der Waals surface area (Å²) >= 11 is 0. The maximum Gasteiger partial charge on any atom is 0.160 e. The zero-order valence-electron chi connectivity index (χ0n) is 10.3. The second-order valence-electron chi connectivity index (χ2n) is 4.43. The SMILES string of the molecule is Cc1nnc2ccc(Cc3ccc(F)cc3F)cn12. The Hall–Kier alpha value is -2.30. The van der Waals surface area contributed by atoms with Gasteiger partial charge in [-0.05, 0) is 30.2 Å². The molecule has 0 bridgehead atoms. The summed E-state index contributed by atoms with van der Waals surface area (Å²) in [6.45, 7) is 1.85. The summed E-state index contributed by atoms with van der Waals surface area (Å²) in [5.74, 6) is -0.316. The van der Waals surface area contributed by atoms with Crippen LogP contribution in [0.5, 0.6) is 0 Å². The van der Waals surface area contributed by atoms with Crippen LogP contribution in [0, 0.1) is 18.6 Å². The summed E-state index contributed by atoms with van der Waals surface area (Å²) in [5, 5.41) is 7.95. The van der Waals surface area contributed by atoms with E-state index in [9.17, 15) is 8.78 Å². The third-order valence-corrected chi connectivity index (χ3v) is 3.04. The Morgan fingerprint density at radius 1 is 1.11 bits per heavy atom. The highest BCUT2D eigenvalue weighted by Crippen LogP contribution is 2.15. The van der Waals surface area contributed by atoms with Crippen molar-refractivity contribution in [2.45, 2.75) is 13.3 Å². The van der Waals surface area contributed by atoms with Crippen LogP contribution in [0.2, 0.25) is 0 Å². The van der Waals surface area contributed by atoms with Gasteiger partial charge in [-0.2, -0.15) is 0 Å². The molecule has 0 fully saturated rings. The van der Waals surface area contributed by atoms with Crippen molar-refractivity contribution in [3.05, 3.63) is 65.1 Å². The Kier molecular flexibility index (Phi) is 2.74. The summed E-state index contributed by atoms with van der Waals surface area (Å²) < 4.78 is 28.3. The van der Waals surface area contributed by atoms with Gasteiger partial charge < -0.3 is 0 Å². The Morgan fingerprint density at radius 2 is 1.95 bits per heavy atom. The molecule has 0 spiro atoms. The van der Waals surface area contributed by atoms with Crippen molar-refractivity contribution in [2.24, 2.45) is 0 Å². The second-order valence-corrected chi connectivity index (χ2v) is 4.43. The molecule has 0 aliphatic carbocycles. The highest BCUT2D eigenvalue weighted by molar-refractivity contribution is 5.40. The van der Waals surface area contributed by atoms with Gasteiger partial charge in [-0.15, -0.1) is 10.2 Å². The Morgan fingerprint density at radius 3 is 2.74 bits per heavy atom. The molecule has 3 nitrogen and oxygen atoms in total. The lowest BCUT2D eigenvalue weighted by molar-refractivity contribution is 0.574. The molecule has 0 aliphatic heterocycles. The zero-order valence-corrected chi connectivity index (χ0v) is 10.3. The van der Waals surface area contributed by atoms with Crippen LogP contribution >= 0.6 is 0 Å². The Bertz CT molecular complexity index is 750.